The molecular weight excluding hydrogens is 180 g/mol. The van der Waals surface area contributed by atoms with E-state index in [1.807, 2.05) is 6.07 Å². The van der Waals surface area contributed by atoms with Crippen molar-refractivity contribution in [3.05, 3.63) is 29.3 Å². The maximum absolute atomic E-state index is 10.7. The molecule has 0 fully saturated rings. The Hall–Kier alpha value is -1.51. The molecule has 1 rings (SSSR count). The summed E-state index contributed by atoms with van der Waals surface area (Å²) in [6.07, 6.45) is 1.92. The highest BCUT2D eigenvalue weighted by Gasteiger charge is 2.07. The molecule has 14 heavy (non-hydrogen) atoms. The number of aryl methyl sites for hydroxylation is 1. The molecule has 0 radical (unpaired) electrons. The van der Waals surface area contributed by atoms with Crippen LogP contribution in [0.4, 0.5) is 0 Å². The van der Waals surface area contributed by atoms with Crippen LogP contribution in [0.1, 0.15) is 29.3 Å². The van der Waals surface area contributed by atoms with Crippen molar-refractivity contribution < 1.29 is 14.6 Å². The first kappa shape index (κ1) is 10.6. The maximum Gasteiger partial charge on any atom is 0.335 e. The first-order valence-electron chi connectivity index (χ1n) is 4.59. The van der Waals surface area contributed by atoms with E-state index in [1.165, 1.54) is 0 Å². The lowest BCUT2D eigenvalue weighted by atomic mass is 10.1. The van der Waals surface area contributed by atoms with E-state index in [0.717, 1.165) is 18.4 Å². The third kappa shape index (κ3) is 2.25. The zero-order valence-corrected chi connectivity index (χ0v) is 8.41. The minimum atomic E-state index is -0.925. The van der Waals surface area contributed by atoms with Crippen LogP contribution in [0.15, 0.2) is 18.2 Å². The molecule has 0 aromatic heterocycles. The minimum absolute atomic E-state index is 0.265. The highest BCUT2D eigenvalue weighted by atomic mass is 16.5. The largest absolute Gasteiger partial charge is 0.496 e. The van der Waals surface area contributed by atoms with E-state index in [-0.39, 0.29) is 5.56 Å². The SMILES string of the molecule is CCCc1ccc(C(=O)O)cc1OC. The smallest absolute Gasteiger partial charge is 0.335 e. The highest BCUT2D eigenvalue weighted by molar-refractivity contribution is 5.88. The Balaban J connectivity index is 3.04. The number of rotatable bonds is 4. The monoisotopic (exact) mass is 194 g/mol. The Morgan fingerprint density at radius 1 is 1.50 bits per heavy atom. The van der Waals surface area contributed by atoms with E-state index < -0.39 is 5.97 Å². The predicted molar refractivity (Wildman–Crippen MR) is 53.9 cm³/mol. The predicted octanol–water partition coefficient (Wildman–Crippen LogP) is 2.35. The average molecular weight is 194 g/mol. The van der Waals surface area contributed by atoms with Crippen LogP contribution in [-0.2, 0) is 6.42 Å². The molecule has 0 amide bonds. The number of carboxylic acid groups (broad SMARTS) is 1. The van der Waals surface area contributed by atoms with Crippen molar-refractivity contribution in [2.75, 3.05) is 7.11 Å². The van der Waals surface area contributed by atoms with Crippen LogP contribution in [-0.4, -0.2) is 18.2 Å². The fraction of sp³-hybridized carbons (Fsp3) is 0.364. The molecule has 0 bridgehead atoms. The van der Waals surface area contributed by atoms with Gasteiger partial charge in [-0.15, -0.1) is 0 Å². The zero-order valence-electron chi connectivity index (χ0n) is 8.41. The van der Waals surface area contributed by atoms with E-state index in [1.54, 1.807) is 19.2 Å². The standard InChI is InChI=1S/C11H14O3/c1-3-4-8-5-6-9(11(12)13)7-10(8)14-2/h5-7H,3-4H2,1-2H3,(H,12,13). The van der Waals surface area contributed by atoms with Crippen molar-refractivity contribution in [1.82, 2.24) is 0 Å². The first-order chi connectivity index (χ1) is 6.69. The summed E-state index contributed by atoms with van der Waals surface area (Å²) in [5.74, 6) is -0.266. The molecule has 1 aromatic carbocycles. The summed E-state index contributed by atoms with van der Waals surface area (Å²) in [4.78, 5) is 10.7. The number of hydrogen-bond donors (Lipinski definition) is 1. The van der Waals surface area contributed by atoms with Crippen molar-refractivity contribution >= 4 is 5.97 Å². The lowest BCUT2D eigenvalue weighted by molar-refractivity contribution is 0.0696. The molecule has 76 valence electrons. The van der Waals surface area contributed by atoms with Gasteiger partial charge in [-0.2, -0.15) is 0 Å². The topological polar surface area (TPSA) is 46.5 Å². The summed E-state index contributed by atoms with van der Waals surface area (Å²) in [6, 6.07) is 4.98. The molecule has 0 saturated carbocycles. The van der Waals surface area contributed by atoms with E-state index in [0.29, 0.717) is 5.75 Å². The number of hydrogen-bond acceptors (Lipinski definition) is 2. The minimum Gasteiger partial charge on any atom is -0.496 e. The van der Waals surface area contributed by atoms with E-state index in [4.69, 9.17) is 9.84 Å². The Labute approximate surface area is 83.3 Å². The third-order valence-corrected chi connectivity index (χ3v) is 2.05. The van der Waals surface area contributed by atoms with Crippen molar-refractivity contribution in [2.45, 2.75) is 19.8 Å². The molecule has 1 aromatic rings. The number of carboxylic acids is 1. The molecule has 0 aliphatic rings. The lowest BCUT2D eigenvalue weighted by Crippen LogP contribution is -1.99. The van der Waals surface area contributed by atoms with Gasteiger partial charge in [-0.05, 0) is 24.1 Å². The lowest BCUT2D eigenvalue weighted by Gasteiger charge is -2.07. The molecule has 0 atom stereocenters. The van der Waals surface area contributed by atoms with Crippen LogP contribution in [0.25, 0.3) is 0 Å². The van der Waals surface area contributed by atoms with E-state index in [2.05, 4.69) is 6.92 Å². The molecule has 0 unspecified atom stereocenters. The Bertz CT molecular complexity index is 331. The summed E-state index contributed by atoms with van der Waals surface area (Å²) >= 11 is 0. The van der Waals surface area contributed by atoms with Crippen molar-refractivity contribution in [3.63, 3.8) is 0 Å². The average Bonchev–Trinajstić information content (AvgIpc) is 2.18. The molecule has 1 N–H and O–H groups in total. The number of ether oxygens (including phenoxy) is 1. The number of aromatic carboxylic acids is 1. The van der Waals surface area contributed by atoms with Crippen LogP contribution in [0.3, 0.4) is 0 Å². The summed E-state index contributed by atoms with van der Waals surface area (Å²) < 4.78 is 5.13. The second kappa shape index (κ2) is 4.65. The Kier molecular flexibility index (Phi) is 3.51. The van der Waals surface area contributed by atoms with Crippen molar-refractivity contribution in [1.29, 1.82) is 0 Å². The van der Waals surface area contributed by atoms with E-state index in [9.17, 15) is 4.79 Å². The second-order valence-electron chi connectivity index (χ2n) is 3.08. The van der Waals surface area contributed by atoms with Crippen LogP contribution < -0.4 is 4.74 Å². The molecule has 0 heterocycles. The molecule has 0 aliphatic carbocycles. The van der Waals surface area contributed by atoms with Crippen LogP contribution >= 0.6 is 0 Å². The van der Waals surface area contributed by atoms with Gasteiger partial charge in [0.1, 0.15) is 5.75 Å². The van der Waals surface area contributed by atoms with Gasteiger partial charge in [-0.3, -0.25) is 0 Å². The van der Waals surface area contributed by atoms with Gasteiger partial charge in [0.15, 0.2) is 0 Å². The summed E-state index contributed by atoms with van der Waals surface area (Å²) in [5.41, 5.74) is 1.32. The fourth-order valence-corrected chi connectivity index (χ4v) is 1.35. The number of methoxy groups -OCH3 is 1. The van der Waals surface area contributed by atoms with Gasteiger partial charge >= 0.3 is 5.97 Å². The van der Waals surface area contributed by atoms with Crippen LogP contribution in [0, 0.1) is 0 Å². The van der Waals surface area contributed by atoms with Gasteiger partial charge in [-0.1, -0.05) is 19.4 Å². The Morgan fingerprint density at radius 3 is 2.71 bits per heavy atom. The Morgan fingerprint density at radius 2 is 2.21 bits per heavy atom. The van der Waals surface area contributed by atoms with Gasteiger partial charge in [-0.25, -0.2) is 4.79 Å². The van der Waals surface area contributed by atoms with Gasteiger partial charge in [0.2, 0.25) is 0 Å². The van der Waals surface area contributed by atoms with Gasteiger partial charge < -0.3 is 9.84 Å². The summed E-state index contributed by atoms with van der Waals surface area (Å²) in [7, 11) is 1.56. The zero-order chi connectivity index (χ0) is 10.6. The van der Waals surface area contributed by atoms with Crippen LogP contribution in [0.2, 0.25) is 0 Å². The van der Waals surface area contributed by atoms with Crippen molar-refractivity contribution in [2.24, 2.45) is 0 Å². The molecule has 0 saturated heterocycles. The van der Waals surface area contributed by atoms with E-state index >= 15 is 0 Å². The van der Waals surface area contributed by atoms with Gasteiger partial charge in [0.25, 0.3) is 0 Å². The second-order valence-corrected chi connectivity index (χ2v) is 3.08. The normalized spacial score (nSPS) is 9.86. The molecule has 3 nitrogen and oxygen atoms in total. The van der Waals surface area contributed by atoms with Crippen LogP contribution in [0.5, 0.6) is 5.75 Å². The molecule has 3 heteroatoms. The maximum atomic E-state index is 10.7. The first-order valence-corrected chi connectivity index (χ1v) is 4.59. The molecule has 0 spiro atoms. The quantitative estimate of drug-likeness (QED) is 0.800. The fourth-order valence-electron chi connectivity index (χ4n) is 1.35. The highest BCUT2D eigenvalue weighted by Crippen LogP contribution is 2.21. The molecular formula is C11H14O3. The third-order valence-electron chi connectivity index (χ3n) is 2.05. The van der Waals surface area contributed by atoms with Crippen molar-refractivity contribution in [3.8, 4) is 5.75 Å². The number of benzene rings is 1. The van der Waals surface area contributed by atoms with Gasteiger partial charge in [0, 0.05) is 0 Å². The summed E-state index contributed by atoms with van der Waals surface area (Å²) in [5, 5.41) is 8.77. The number of carbonyl (C=O) groups is 1. The van der Waals surface area contributed by atoms with Gasteiger partial charge in [0.05, 0.1) is 12.7 Å². The molecule has 0 aliphatic heterocycles. The summed E-state index contributed by atoms with van der Waals surface area (Å²) in [6.45, 7) is 2.07.